The summed E-state index contributed by atoms with van der Waals surface area (Å²) in [7, 11) is 0. The van der Waals surface area contributed by atoms with Crippen LogP contribution in [0.5, 0.6) is 0 Å². The van der Waals surface area contributed by atoms with E-state index in [0.717, 1.165) is 21.4 Å². The Bertz CT molecular complexity index is 973. The van der Waals surface area contributed by atoms with Crippen LogP contribution in [0, 0.1) is 0 Å². The largest absolute Gasteiger partial charge is 0.455 e. The highest BCUT2D eigenvalue weighted by Gasteiger charge is 2.17. The standard InChI is InChI=1S/C19H13BrOS/c1-22-19-17-15-9-8-14(20)11-13(15)7-10-16(17)21-18(19)12-5-3-2-4-6-12/h2-11H,1H3. The van der Waals surface area contributed by atoms with Crippen LogP contribution < -0.4 is 0 Å². The summed E-state index contributed by atoms with van der Waals surface area (Å²) >= 11 is 5.29. The summed E-state index contributed by atoms with van der Waals surface area (Å²) in [5.74, 6) is 0.957. The molecule has 0 atom stereocenters. The number of fused-ring (bicyclic) bond motifs is 3. The molecule has 0 amide bonds. The lowest BCUT2D eigenvalue weighted by Gasteiger charge is -2.02. The lowest BCUT2D eigenvalue weighted by molar-refractivity contribution is 0.625. The Kier molecular flexibility index (Phi) is 3.47. The van der Waals surface area contributed by atoms with Gasteiger partial charge in [-0.1, -0.05) is 58.4 Å². The summed E-state index contributed by atoms with van der Waals surface area (Å²) in [5.41, 5.74) is 2.06. The molecule has 0 aliphatic carbocycles. The molecule has 0 aliphatic heterocycles. The van der Waals surface area contributed by atoms with E-state index < -0.39 is 0 Å². The number of halogens is 1. The normalized spacial score (nSPS) is 11.4. The molecule has 0 radical (unpaired) electrons. The zero-order valence-electron chi connectivity index (χ0n) is 12.0. The Hall–Kier alpha value is -1.71. The fraction of sp³-hybridized carbons (Fsp3) is 0.0526. The first-order chi connectivity index (χ1) is 10.8. The molecule has 0 aliphatic rings. The molecule has 22 heavy (non-hydrogen) atoms. The van der Waals surface area contributed by atoms with Gasteiger partial charge in [-0.15, -0.1) is 11.8 Å². The maximum absolute atomic E-state index is 6.18. The highest BCUT2D eigenvalue weighted by atomic mass is 79.9. The smallest absolute Gasteiger partial charge is 0.148 e. The van der Waals surface area contributed by atoms with Crippen LogP contribution in [0.1, 0.15) is 0 Å². The van der Waals surface area contributed by atoms with Crippen molar-refractivity contribution in [3.8, 4) is 11.3 Å². The molecule has 0 N–H and O–H groups in total. The first-order valence-electron chi connectivity index (χ1n) is 7.02. The molecule has 3 aromatic carbocycles. The molecule has 1 heterocycles. The summed E-state index contributed by atoms with van der Waals surface area (Å²) in [6.45, 7) is 0. The van der Waals surface area contributed by atoms with Gasteiger partial charge in [0.05, 0.1) is 4.90 Å². The van der Waals surface area contributed by atoms with E-state index >= 15 is 0 Å². The second kappa shape index (κ2) is 5.49. The molecular formula is C19H13BrOS. The molecule has 0 bridgehead atoms. The highest BCUT2D eigenvalue weighted by Crippen LogP contribution is 2.42. The molecule has 1 nitrogen and oxygen atoms in total. The average Bonchev–Trinajstić information content (AvgIpc) is 2.94. The van der Waals surface area contributed by atoms with Crippen molar-refractivity contribution < 1.29 is 4.42 Å². The lowest BCUT2D eigenvalue weighted by atomic mass is 10.1. The zero-order valence-corrected chi connectivity index (χ0v) is 14.4. The Morgan fingerprint density at radius 2 is 1.77 bits per heavy atom. The number of furan rings is 1. The van der Waals surface area contributed by atoms with Gasteiger partial charge >= 0.3 is 0 Å². The molecule has 3 heteroatoms. The van der Waals surface area contributed by atoms with Gasteiger partial charge in [-0.05, 0) is 35.2 Å². The molecule has 0 unspecified atom stereocenters. The van der Waals surface area contributed by atoms with Crippen LogP contribution in [0.15, 0.2) is 74.4 Å². The molecule has 0 saturated carbocycles. The number of hydrogen-bond acceptors (Lipinski definition) is 2. The van der Waals surface area contributed by atoms with Crippen molar-refractivity contribution in [1.29, 1.82) is 0 Å². The third kappa shape index (κ3) is 2.16. The van der Waals surface area contributed by atoms with E-state index in [1.807, 2.05) is 18.2 Å². The lowest BCUT2D eigenvalue weighted by Crippen LogP contribution is -1.78. The molecule has 0 saturated heterocycles. The molecule has 0 spiro atoms. The first-order valence-corrected chi connectivity index (χ1v) is 9.04. The van der Waals surface area contributed by atoms with Gasteiger partial charge in [0.25, 0.3) is 0 Å². The van der Waals surface area contributed by atoms with Crippen molar-refractivity contribution >= 4 is 49.4 Å². The number of hydrogen-bond donors (Lipinski definition) is 0. The quantitative estimate of drug-likeness (QED) is 0.363. The fourth-order valence-electron chi connectivity index (χ4n) is 2.84. The van der Waals surface area contributed by atoms with Crippen LogP contribution in [-0.2, 0) is 0 Å². The monoisotopic (exact) mass is 368 g/mol. The van der Waals surface area contributed by atoms with Crippen LogP contribution >= 0.6 is 27.7 Å². The minimum Gasteiger partial charge on any atom is -0.455 e. The van der Waals surface area contributed by atoms with E-state index in [2.05, 4.69) is 64.7 Å². The summed E-state index contributed by atoms with van der Waals surface area (Å²) in [5, 5.41) is 3.66. The average molecular weight is 369 g/mol. The predicted octanol–water partition coefficient (Wildman–Crippen LogP) is 6.74. The fourth-order valence-corrected chi connectivity index (χ4v) is 3.98. The third-order valence-corrected chi connectivity index (χ3v) is 5.12. The Balaban J connectivity index is 2.11. The van der Waals surface area contributed by atoms with Crippen molar-refractivity contribution in [2.24, 2.45) is 0 Å². The molecule has 0 fully saturated rings. The van der Waals surface area contributed by atoms with Crippen molar-refractivity contribution in [3.05, 3.63) is 65.1 Å². The van der Waals surface area contributed by atoms with E-state index in [1.54, 1.807) is 11.8 Å². The maximum atomic E-state index is 6.18. The topological polar surface area (TPSA) is 13.1 Å². The zero-order chi connectivity index (χ0) is 15.1. The van der Waals surface area contributed by atoms with E-state index in [4.69, 9.17) is 4.42 Å². The molecule has 4 aromatic rings. The van der Waals surface area contributed by atoms with Gasteiger partial charge < -0.3 is 4.42 Å². The number of benzene rings is 3. The summed E-state index contributed by atoms with van der Waals surface area (Å²) in [6, 6.07) is 20.9. The minimum atomic E-state index is 0.943. The summed E-state index contributed by atoms with van der Waals surface area (Å²) in [4.78, 5) is 1.20. The second-order valence-electron chi connectivity index (χ2n) is 5.13. The van der Waals surface area contributed by atoms with E-state index in [0.29, 0.717) is 0 Å². The van der Waals surface area contributed by atoms with Gasteiger partial charge in [-0.25, -0.2) is 0 Å². The number of thioether (sulfide) groups is 1. The van der Waals surface area contributed by atoms with Gasteiger partial charge in [-0.2, -0.15) is 0 Å². The van der Waals surface area contributed by atoms with Crippen LogP contribution in [0.3, 0.4) is 0 Å². The van der Waals surface area contributed by atoms with Crippen molar-refractivity contribution in [3.63, 3.8) is 0 Å². The minimum absolute atomic E-state index is 0.943. The molecule has 108 valence electrons. The first kappa shape index (κ1) is 13.9. The molecular weight excluding hydrogens is 356 g/mol. The van der Waals surface area contributed by atoms with Crippen LogP contribution in [0.4, 0.5) is 0 Å². The van der Waals surface area contributed by atoms with E-state index in [9.17, 15) is 0 Å². The predicted molar refractivity (Wildman–Crippen MR) is 98.6 cm³/mol. The molecule has 4 rings (SSSR count). The van der Waals surface area contributed by atoms with Gasteiger partial charge in [-0.3, -0.25) is 0 Å². The molecule has 1 aromatic heterocycles. The van der Waals surface area contributed by atoms with Crippen molar-refractivity contribution in [2.75, 3.05) is 6.26 Å². The van der Waals surface area contributed by atoms with Crippen LogP contribution in [0.25, 0.3) is 33.1 Å². The van der Waals surface area contributed by atoms with Gasteiger partial charge in [0.2, 0.25) is 0 Å². The van der Waals surface area contributed by atoms with E-state index in [1.165, 1.54) is 21.1 Å². The van der Waals surface area contributed by atoms with E-state index in [-0.39, 0.29) is 0 Å². The Labute approximate surface area is 141 Å². The highest BCUT2D eigenvalue weighted by molar-refractivity contribution is 9.10. The SMILES string of the molecule is CSc1c(-c2ccccc2)oc2ccc3cc(Br)ccc3c12. The van der Waals surface area contributed by atoms with Gasteiger partial charge in [0, 0.05) is 15.4 Å². The Morgan fingerprint density at radius 3 is 2.55 bits per heavy atom. The second-order valence-corrected chi connectivity index (χ2v) is 6.87. The summed E-state index contributed by atoms with van der Waals surface area (Å²) in [6.07, 6.45) is 2.11. The maximum Gasteiger partial charge on any atom is 0.148 e. The summed E-state index contributed by atoms with van der Waals surface area (Å²) < 4.78 is 7.28. The van der Waals surface area contributed by atoms with Crippen molar-refractivity contribution in [2.45, 2.75) is 4.90 Å². The number of rotatable bonds is 2. The van der Waals surface area contributed by atoms with Gasteiger partial charge in [0.15, 0.2) is 0 Å². The third-order valence-electron chi connectivity index (χ3n) is 3.83. The Morgan fingerprint density at radius 1 is 0.955 bits per heavy atom. The van der Waals surface area contributed by atoms with Gasteiger partial charge in [0.1, 0.15) is 11.3 Å². The van der Waals surface area contributed by atoms with Crippen molar-refractivity contribution in [1.82, 2.24) is 0 Å². The van der Waals surface area contributed by atoms with Crippen LogP contribution in [-0.4, -0.2) is 6.26 Å². The van der Waals surface area contributed by atoms with Crippen LogP contribution in [0.2, 0.25) is 0 Å².